The van der Waals surface area contributed by atoms with Gasteiger partial charge in [-0.15, -0.1) is 0 Å². The van der Waals surface area contributed by atoms with Gasteiger partial charge in [0.1, 0.15) is 5.75 Å². The Morgan fingerprint density at radius 3 is 2.56 bits per heavy atom. The van der Waals surface area contributed by atoms with Gasteiger partial charge in [0.05, 0.1) is 0 Å². The molecule has 0 aliphatic heterocycles. The first-order chi connectivity index (χ1) is 7.58. The fraction of sp³-hybridized carbons (Fsp3) is 0.571. The lowest BCUT2D eigenvalue weighted by Crippen LogP contribution is -2.25. The summed E-state index contributed by atoms with van der Waals surface area (Å²) < 4.78 is 0. The summed E-state index contributed by atoms with van der Waals surface area (Å²) in [6.45, 7) is 7.54. The van der Waals surface area contributed by atoms with Gasteiger partial charge in [-0.2, -0.15) is 0 Å². The van der Waals surface area contributed by atoms with Crippen molar-refractivity contribution in [2.45, 2.75) is 46.2 Å². The molecule has 0 saturated carbocycles. The number of phenols is 1. The highest BCUT2D eigenvalue weighted by atomic mass is 16.3. The first-order valence-electron chi connectivity index (χ1n) is 6.09. The van der Waals surface area contributed by atoms with Crippen LogP contribution in [0.3, 0.4) is 0 Å². The predicted octanol–water partition coefficient (Wildman–Crippen LogP) is 3.31. The zero-order valence-electron chi connectivity index (χ0n) is 10.5. The lowest BCUT2D eigenvalue weighted by Gasteiger charge is -2.15. The molecule has 0 bridgehead atoms. The molecule has 0 heterocycles. The van der Waals surface area contributed by atoms with Crippen LogP contribution in [0, 0.1) is 5.92 Å². The molecule has 0 spiro atoms. The van der Waals surface area contributed by atoms with Crippen molar-refractivity contribution in [3.05, 3.63) is 29.8 Å². The molecular weight excluding hydrogens is 198 g/mol. The smallest absolute Gasteiger partial charge is 0.115 e. The minimum Gasteiger partial charge on any atom is -0.508 e. The van der Waals surface area contributed by atoms with Gasteiger partial charge in [-0.3, -0.25) is 0 Å². The van der Waals surface area contributed by atoms with Crippen LogP contribution in [0.15, 0.2) is 24.3 Å². The summed E-state index contributed by atoms with van der Waals surface area (Å²) in [4.78, 5) is 0. The van der Waals surface area contributed by atoms with Gasteiger partial charge >= 0.3 is 0 Å². The molecule has 1 aromatic carbocycles. The lowest BCUT2D eigenvalue weighted by atomic mass is 10.0. The van der Waals surface area contributed by atoms with E-state index < -0.39 is 0 Å². The summed E-state index contributed by atoms with van der Waals surface area (Å²) in [7, 11) is 0. The molecule has 1 rings (SSSR count). The minimum atomic E-state index is 0.342. The maximum Gasteiger partial charge on any atom is 0.115 e. The fourth-order valence-corrected chi connectivity index (χ4v) is 1.64. The second kappa shape index (κ2) is 6.54. The molecule has 0 aliphatic rings. The SMILES string of the molecule is CC(C)CCC(C)NCc1cccc(O)c1. The van der Waals surface area contributed by atoms with Crippen LogP contribution in [0.25, 0.3) is 0 Å². The summed E-state index contributed by atoms with van der Waals surface area (Å²) >= 11 is 0. The molecule has 0 fully saturated rings. The number of rotatable bonds is 6. The number of hydrogen-bond acceptors (Lipinski definition) is 2. The third kappa shape index (κ3) is 5.17. The third-order valence-electron chi connectivity index (χ3n) is 2.74. The van der Waals surface area contributed by atoms with Crippen molar-refractivity contribution < 1.29 is 5.11 Å². The van der Waals surface area contributed by atoms with Crippen LogP contribution < -0.4 is 5.32 Å². The Bertz CT molecular complexity index is 309. The molecule has 0 saturated heterocycles. The van der Waals surface area contributed by atoms with Gasteiger partial charge in [0, 0.05) is 12.6 Å². The van der Waals surface area contributed by atoms with Gasteiger partial charge in [-0.25, -0.2) is 0 Å². The van der Waals surface area contributed by atoms with E-state index in [9.17, 15) is 5.11 Å². The van der Waals surface area contributed by atoms with Crippen LogP contribution in [0.5, 0.6) is 5.75 Å². The van der Waals surface area contributed by atoms with Crippen LogP contribution >= 0.6 is 0 Å². The highest BCUT2D eigenvalue weighted by Gasteiger charge is 2.03. The van der Waals surface area contributed by atoms with E-state index in [1.807, 2.05) is 18.2 Å². The third-order valence-corrected chi connectivity index (χ3v) is 2.74. The van der Waals surface area contributed by atoms with E-state index in [2.05, 4.69) is 26.1 Å². The number of benzene rings is 1. The minimum absolute atomic E-state index is 0.342. The van der Waals surface area contributed by atoms with Crippen LogP contribution in [0.2, 0.25) is 0 Å². The highest BCUT2D eigenvalue weighted by molar-refractivity contribution is 5.26. The Morgan fingerprint density at radius 1 is 1.19 bits per heavy atom. The Hall–Kier alpha value is -1.02. The number of phenolic OH excluding ortho intramolecular Hbond substituents is 1. The molecule has 1 unspecified atom stereocenters. The molecule has 2 N–H and O–H groups in total. The predicted molar refractivity (Wildman–Crippen MR) is 68.5 cm³/mol. The van der Waals surface area contributed by atoms with E-state index in [0.29, 0.717) is 11.8 Å². The van der Waals surface area contributed by atoms with Crippen LogP contribution in [0.4, 0.5) is 0 Å². The Balaban J connectivity index is 2.28. The second-order valence-corrected chi connectivity index (χ2v) is 4.92. The van der Waals surface area contributed by atoms with Crippen LogP contribution in [0.1, 0.15) is 39.2 Å². The van der Waals surface area contributed by atoms with Gasteiger partial charge in [-0.1, -0.05) is 26.0 Å². The largest absolute Gasteiger partial charge is 0.508 e. The Labute approximate surface area is 98.7 Å². The monoisotopic (exact) mass is 221 g/mol. The normalized spacial score (nSPS) is 13.0. The van der Waals surface area contributed by atoms with Crippen molar-refractivity contribution >= 4 is 0 Å². The summed E-state index contributed by atoms with van der Waals surface area (Å²) in [5.41, 5.74) is 1.14. The van der Waals surface area contributed by atoms with Crippen molar-refractivity contribution in [2.24, 2.45) is 5.92 Å². The van der Waals surface area contributed by atoms with Crippen LogP contribution in [-0.2, 0) is 6.54 Å². The van der Waals surface area contributed by atoms with Gasteiger partial charge in [0.25, 0.3) is 0 Å². The zero-order valence-corrected chi connectivity index (χ0v) is 10.5. The van der Waals surface area contributed by atoms with E-state index in [4.69, 9.17) is 0 Å². The molecule has 2 heteroatoms. The first-order valence-corrected chi connectivity index (χ1v) is 6.09. The topological polar surface area (TPSA) is 32.3 Å². The molecule has 0 radical (unpaired) electrons. The molecule has 1 aromatic rings. The van der Waals surface area contributed by atoms with E-state index in [1.165, 1.54) is 12.8 Å². The average molecular weight is 221 g/mol. The van der Waals surface area contributed by atoms with Crippen molar-refractivity contribution in [1.82, 2.24) is 5.32 Å². The Morgan fingerprint density at radius 2 is 1.94 bits per heavy atom. The molecule has 0 amide bonds. The van der Waals surface area contributed by atoms with E-state index in [1.54, 1.807) is 6.07 Å². The average Bonchev–Trinajstić information content (AvgIpc) is 2.23. The lowest BCUT2D eigenvalue weighted by molar-refractivity contribution is 0.448. The van der Waals surface area contributed by atoms with E-state index in [0.717, 1.165) is 18.0 Å². The number of nitrogens with one attached hydrogen (secondary N) is 1. The molecule has 0 aliphatic carbocycles. The number of aromatic hydroxyl groups is 1. The van der Waals surface area contributed by atoms with Crippen molar-refractivity contribution in [2.75, 3.05) is 0 Å². The summed E-state index contributed by atoms with van der Waals surface area (Å²) in [6, 6.07) is 7.95. The second-order valence-electron chi connectivity index (χ2n) is 4.92. The van der Waals surface area contributed by atoms with E-state index in [-0.39, 0.29) is 0 Å². The number of hydrogen-bond donors (Lipinski definition) is 2. The fourth-order valence-electron chi connectivity index (χ4n) is 1.64. The maximum absolute atomic E-state index is 9.33. The molecule has 16 heavy (non-hydrogen) atoms. The molecule has 2 nitrogen and oxygen atoms in total. The maximum atomic E-state index is 9.33. The van der Waals surface area contributed by atoms with Gasteiger partial charge in [0.15, 0.2) is 0 Å². The van der Waals surface area contributed by atoms with Gasteiger partial charge < -0.3 is 10.4 Å². The van der Waals surface area contributed by atoms with Crippen LogP contribution in [-0.4, -0.2) is 11.1 Å². The summed E-state index contributed by atoms with van der Waals surface area (Å²) in [5, 5.41) is 12.8. The van der Waals surface area contributed by atoms with Gasteiger partial charge in [-0.05, 0) is 43.4 Å². The Kier molecular flexibility index (Phi) is 5.33. The standard InChI is InChI=1S/C14H23NO/c1-11(2)7-8-12(3)15-10-13-5-4-6-14(16)9-13/h4-6,9,11-12,15-16H,7-8,10H2,1-3H3. The summed E-state index contributed by atoms with van der Waals surface area (Å²) in [6.07, 6.45) is 2.46. The van der Waals surface area contributed by atoms with Gasteiger partial charge in [0.2, 0.25) is 0 Å². The van der Waals surface area contributed by atoms with E-state index >= 15 is 0 Å². The quantitative estimate of drug-likeness (QED) is 0.772. The van der Waals surface area contributed by atoms with Crippen molar-refractivity contribution in [3.8, 4) is 5.75 Å². The molecule has 1 atom stereocenters. The van der Waals surface area contributed by atoms with Crippen molar-refractivity contribution in [1.29, 1.82) is 0 Å². The first kappa shape index (κ1) is 13.0. The zero-order chi connectivity index (χ0) is 12.0. The molecular formula is C14H23NO. The van der Waals surface area contributed by atoms with Crippen molar-refractivity contribution in [3.63, 3.8) is 0 Å². The summed E-state index contributed by atoms with van der Waals surface area (Å²) in [5.74, 6) is 1.11. The molecule has 90 valence electrons. The molecule has 0 aromatic heterocycles. The highest BCUT2D eigenvalue weighted by Crippen LogP contribution is 2.11.